The second kappa shape index (κ2) is 7.18. The highest BCUT2D eigenvalue weighted by Crippen LogP contribution is 2.38. The lowest BCUT2D eigenvalue weighted by molar-refractivity contribution is -0.142. The zero-order valence-electron chi connectivity index (χ0n) is 12.3. The number of aliphatic carboxylic acids is 1. The summed E-state index contributed by atoms with van der Waals surface area (Å²) in [7, 11) is 0. The molecule has 2 N–H and O–H groups in total. The number of thiazole rings is 1. The lowest BCUT2D eigenvalue weighted by atomic mass is 9.86. The molecule has 0 radical (unpaired) electrons. The number of carbonyl (C=O) groups is 1. The van der Waals surface area contributed by atoms with E-state index < -0.39 is 5.97 Å². The van der Waals surface area contributed by atoms with Gasteiger partial charge in [0.25, 0.3) is 0 Å². The molecule has 112 valence electrons. The molecule has 0 bridgehead atoms. The molecule has 4 nitrogen and oxygen atoms in total. The van der Waals surface area contributed by atoms with Crippen LogP contribution in [-0.2, 0) is 11.3 Å². The molecular formula is C15H24N2O2S. The molecule has 1 atom stereocenters. The fourth-order valence-corrected chi connectivity index (χ4v) is 3.51. The van der Waals surface area contributed by atoms with Crippen LogP contribution in [0.1, 0.15) is 55.3 Å². The van der Waals surface area contributed by atoms with Crippen molar-refractivity contribution in [3.05, 3.63) is 16.1 Å². The number of carboxylic acids is 1. The molecule has 0 saturated heterocycles. The summed E-state index contributed by atoms with van der Waals surface area (Å²) in [5, 5.41) is 13.7. The molecule has 0 amide bonds. The van der Waals surface area contributed by atoms with Gasteiger partial charge in [-0.05, 0) is 25.2 Å². The first kappa shape index (κ1) is 15.4. The molecule has 1 saturated carbocycles. The molecule has 1 aromatic heterocycles. The first-order valence-corrected chi connectivity index (χ1v) is 8.26. The summed E-state index contributed by atoms with van der Waals surface area (Å²) in [6, 6.07) is 0. The van der Waals surface area contributed by atoms with Gasteiger partial charge in [0.15, 0.2) is 0 Å². The predicted octanol–water partition coefficient (Wildman–Crippen LogP) is 3.25. The van der Waals surface area contributed by atoms with Crippen molar-refractivity contribution in [1.29, 1.82) is 0 Å². The molecule has 1 aliphatic rings. The number of hydrogen-bond donors (Lipinski definition) is 2. The minimum Gasteiger partial charge on any atom is -0.481 e. The molecule has 1 aromatic rings. The Kier molecular flexibility index (Phi) is 5.54. The molecule has 0 spiro atoms. The maximum absolute atomic E-state index is 11.2. The van der Waals surface area contributed by atoms with Crippen molar-refractivity contribution >= 4 is 17.3 Å². The summed E-state index contributed by atoms with van der Waals surface area (Å²) in [5.74, 6) is 0.0904. The van der Waals surface area contributed by atoms with Gasteiger partial charge in [-0.3, -0.25) is 4.79 Å². The minimum absolute atomic E-state index is 0.297. The maximum Gasteiger partial charge on any atom is 0.307 e. The van der Waals surface area contributed by atoms with E-state index in [2.05, 4.69) is 24.1 Å². The van der Waals surface area contributed by atoms with Crippen molar-refractivity contribution in [2.75, 3.05) is 6.54 Å². The Labute approximate surface area is 124 Å². The first-order chi connectivity index (χ1) is 9.56. The van der Waals surface area contributed by atoms with E-state index >= 15 is 0 Å². The number of hydrogen-bond acceptors (Lipinski definition) is 4. The average molecular weight is 296 g/mol. The average Bonchev–Trinajstić information content (AvgIpc) is 2.73. The van der Waals surface area contributed by atoms with Crippen LogP contribution in [0.3, 0.4) is 0 Å². The highest BCUT2D eigenvalue weighted by Gasteiger charge is 2.22. The maximum atomic E-state index is 11.2. The molecule has 0 aromatic carbocycles. The van der Waals surface area contributed by atoms with Gasteiger partial charge >= 0.3 is 5.97 Å². The Hall–Kier alpha value is -0.940. The van der Waals surface area contributed by atoms with Crippen molar-refractivity contribution in [2.24, 2.45) is 11.8 Å². The van der Waals surface area contributed by atoms with Crippen molar-refractivity contribution in [3.63, 3.8) is 0 Å². The Morgan fingerprint density at radius 2 is 2.30 bits per heavy atom. The van der Waals surface area contributed by atoms with Crippen LogP contribution in [0.4, 0.5) is 0 Å². The van der Waals surface area contributed by atoms with E-state index in [4.69, 9.17) is 0 Å². The highest BCUT2D eigenvalue weighted by atomic mass is 32.1. The largest absolute Gasteiger partial charge is 0.481 e. The highest BCUT2D eigenvalue weighted by molar-refractivity contribution is 7.11. The fourth-order valence-electron chi connectivity index (χ4n) is 2.46. The van der Waals surface area contributed by atoms with Gasteiger partial charge < -0.3 is 10.4 Å². The summed E-state index contributed by atoms with van der Waals surface area (Å²) in [5.41, 5.74) is 0. The fraction of sp³-hybridized carbons (Fsp3) is 0.733. The van der Waals surface area contributed by atoms with E-state index in [0.29, 0.717) is 18.4 Å². The Balaban J connectivity index is 1.76. The number of aromatic nitrogens is 1. The molecule has 5 heteroatoms. The zero-order valence-corrected chi connectivity index (χ0v) is 13.1. The SMILES string of the molecule is CC(C)CC(CNCc1cnc(C2CCC2)s1)C(=O)O. The Morgan fingerprint density at radius 1 is 1.55 bits per heavy atom. The van der Waals surface area contributed by atoms with Gasteiger partial charge in [0.05, 0.1) is 10.9 Å². The monoisotopic (exact) mass is 296 g/mol. The topological polar surface area (TPSA) is 62.2 Å². The zero-order chi connectivity index (χ0) is 14.5. The van der Waals surface area contributed by atoms with Gasteiger partial charge in [0.2, 0.25) is 0 Å². The molecular weight excluding hydrogens is 272 g/mol. The smallest absolute Gasteiger partial charge is 0.307 e. The van der Waals surface area contributed by atoms with Gasteiger partial charge in [0.1, 0.15) is 0 Å². The molecule has 1 aliphatic carbocycles. The second-order valence-electron chi connectivity index (χ2n) is 6.09. The summed E-state index contributed by atoms with van der Waals surface area (Å²) in [4.78, 5) is 16.9. The van der Waals surface area contributed by atoms with Gasteiger partial charge in [0, 0.05) is 30.1 Å². The third-order valence-corrected chi connectivity index (χ3v) is 4.98. The summed E-state index contributed by atoms with van der Waals surface area (Å²) < 4.78 is 0. The van der Waals surface area contributed by atoms with Crippen LogP contribution in [0.5, 0.6) is 0 Å². The van der Waals surface area contributed by atoms with Crippen LogP contribution in [0.25, 0.3) is 0 Å². The predicted molar refractivity (Wildman–Crippen MR) is 81.0 cm³/mol. The molecule has 0 aliphatic heterocycles. The summed E-state index contributed by atoms with van der Waals surface area (Å²) >= 11 is 1.77. The van der Waals surface area contributed by atoms with E-state index in [0.717, 1.165) is 13.0 Å². The lowest BCUT2D eigenvalue weighted by Crippen LogP contribution is -2.29. The van der Waals surface area contributed by atoms with Gasteiger partial charge in [-0.15, -0.1) is 11.3 Å². The first-order valence-electron chi connectivity index (χ1n) is 7.44. The summed E-state index contributed by atoms with van der Waals surface area (Å²) in [6.45, 7) is 5.38. The third kappa shape index (κ3) is 4.28. The molecule has 2 rings (SSSR count). The van der Waals surface area contributed by atoms with E-state index in [1.165, 1.54) is 29.1 Å². The van der Waals surface area contributed by atoms with Gasteiger partial charge in [-0.2, -0.15) is 0 Å². The number of nitrogens with one attached hydrogen (secondary N) is 1. The van der Waals surface area contributed by atoms with Crippen LogP contribution in [0.15, 0.2) is 6.20 Å². The number of nitrogens with zero attached hydrogens (tertiary/aromatic N) is 1. The summed E-state index contributed by atoms with van der Waals surface area (Å²) in [6.07, 6.45) is 6.53. The van der Waals surface area contributed by atoms with Crippen LogP contribution < -0.4 is 5.32 Å². The lowest BCUT2D eigenvalue weighted by Gasteiger charge is -2.22. The van der Waals surface area contributed by atoms with Crippen LogP contribution >= 0.6 is 11.3 Å². The van der Waals surface area contributed by atoms with E-state index in [1.807, 2.05) is 6.20 Å². The quantitative estimate of drug-likeness (QED) is 0.773. The van der Waals surface area contributed by atoms with Crippen LogP contribution in [0.2, 0.25) is 0 Å². The molecule has 1 heterocycles. The van der Waals surface area contributed by atoms with Crippen LogP contribution in [-0.4, -0.2) is 22.6 Å². The van der Waals surface area contributed by atoms with Gasteiger partial charge in [-0.25, -0.2) is 4.98 Å². The van der Waals surface area contributed by atoms with Crippen molar-refractivity contribution in [2.45, 2.75) is 52.0 Å². The molecule has 20 heavy (non-hydrogen) atoms. The Morgan fingerprint density at radius 3 is 2.85 bits per heavy atom. The van der Waals surface area contributed by atoms with E-state index in [9.17, 15) is 9.90 Å². The minimum atomic E-state index is -0.703. The van der Waals surface area contributed by atoms with E-state index in [1.54, 1.807) is 11.3 Å². The second-order valence-corrected chi connectivity index (χ2v) is 7.24. The standard InChI is InChI=1S/C15H24N2O2S/c1-10(2)6-12(15(18)19)7-16-8-13-9-17-14(20-13)11-4-3-5-11/h9-12,16H,3-8H2,1-2H3,(H,18,19). The Bertz CT molecular complexity index is 441. The van der Waals surface area contributed by atoms with Crippen LogP contribution in [0, 0.1) is 11.8 Å². The molecule has 1 unspecified atom stereocenters. The normalized spacial score (nSPS) is 17.1. The van der Waals surface area contributed by atoms with Crippen molar-refractivity contribution in [3.8, 4) is 0 Å². The van der Waals surface area contributed by atoms with Gasteiger partial charge in [-0.1, -0.05) is 20.3 Å². The number of rotatable bonds is 8. The van der Waals surface area contributed by atoms with Crippen molar-refractivity contribution in [1.82, 2.24) is 10.3 Å². The molecule has 1 fully saturated rings. The third-order valence-electron chi connectivity index (χ3n) is 3.82. The van der Waals surface area contributed by atoms with Crippen molar-refractivity contribution < 1.29 is 9.90 Å². The number of carboxylic acid groups (broad SMARTS) is 1. The van der Waals surface area contributed by atoms with E-state index in [-0.39, 0.29) is 5.92 Å².